The van der Waals surface area contributed by atoms with Crippen LogP contribution < -0.4 is 15.4 Å². The first kappa shape index (κ1) is 15.1. The Morgan fingerprint density at radius 2 is 1.90 bits per heavy atom. The number of hydrogen-bond acceptors (Lipinski definition) is 5. The number of aromatic nitrogens is 2. The molecule has 1 aromatic carbocycles. The SMILES string of the molecule is CCNc1nc(C)cc(NCCCOc2ccccc2)n1. The van der Waals surface area contributed by atoms with Crippen molar-refractivity contribution in [3.63, 3.8) is 0 Å². The molecule has 0 amide bonds. The molecule has 5 heteroatoms. The molecule has 0 atom stereocenters. The zero-order chi connectivity index (χ0) is 14.9. The number of nitrogens with one attached hydrogen (secondary N) is 2. The summed E-state index contributed by atoms with van der Waals surface area (Å²) in [4.78, 5) is 8.73. The first-order valence-corrected chi connectivity index (χ1v) is 7.29. The minimum absolute atomic E-state index is 0.667. The summed E-state index contributed by atoms with van der Waals surface area (Å²) >= 11 is 0. The summed E-state index contributed by atoms with van der Waals surface area (Å²) in [5.74, 6) is 2.42. The third-order valence-electron chi connectivity index (χ3n) is 2.83. The van der Waals surface area contributed by atoms with Crippen LogP contribution in [0.1, 0.15) is 19.0 Å². The van der Waals surface area contributed by atoms with Crippen molar-refractivity contribution in [2.24, 2.45) is 0 Å². The van der Waals surface area contributed by atoms with E-state index in [2.05, 4.69) is 20.6 Å². The van der Waals surface area contributed by atoms with Gasteiger partial charge in [-0.05, 0) is 32.4 Å². The molecule has 0 saturated heterocycles. The van der Waals surface area contributed by atoms with E-state index >= 15 is 0 Å². The average Bonchev–Trinajstić information content (AvgIpc) is 2.48. The molecule has 2 aromatic rings. The summed E-state index contributed by atoms with van der Waals surface area (Å²) in [5.41, 5.74) is 0.948. The molecule has 0 spiro atoms. The third-order valence-corrected chi connectivity index (χ3v) is 2.83. The van der Waals surface area contributed by atoms with Gasteiger partial charge in [-0.1, -0.05) is 18.2 Å². The monoisotopic (exact) mass is 286 g/mol. The normalized spacial score (nSPS) is 10.2. The third kappa shape index (κ3) is 5.30. The molecule has 0 aliphatic rings. The Bertz CT molecular complexity index is 545. The van der Waals surface area contributed by atoms with Crippen LogP contribution in [-0.2, 0) is 0 Å². The first-order valence-electron chi connectivity index (χ1n) is 7.29. The molecule has 0 fully saturated rings. The Morgan fingerprint density at radius 3 is 2.67 bits per heavy atom. The van der Waals surface area contributed by atoms with Crippen molar-refractivity contribution in [1.29, 1.82) is 0 Å². The van der Waals surface area contributed by atoms with E-state index in [4.69, 9.17) is 4.74 Å². The van der Waals surface area contributed by atoms with E-state index in [-0.39, 0.29) is 0 Å². The molecule has 112 valence electrons. The maximum absolute atomic E-state index is 5.64. The molecule has 1 aromatic heterocycles. The second-order valence-corrected chi connectivity index (χ2v) is 4.69. The molecular formula is C16H22N4O. The van der Waals surface area contributed by atoms with Crippen molar-refractivity contribution in [1.82, 2.24) is 9.97 Å². The Kier molecular flexibility index (Phi) is 5.82. The van der Waals surface area contributed by atoms with E-state index in [0.29, 0.717) is 12.6 Å². The van der Waals surface area contributed by atoms with E-state index in [1.54, 1.807) is 0 Å². The van der Waals surface area contributed by atoms with E-state index in [0.717, 1.165) is 36.8 Å². The largest absolute Gasteiger partial charge is 0.494 e. The molecule has 0 saturated carbocycles. The van der Waals surface area contributed by atoms with E-state index < -0.39 is 0 Å². The Balaban J connectivity index is 1.73. The second kappa shape index (κ2) is 8.09. The highest BCUT2D eigenvalue weighted by Crippen LogP contribution is 2.10. The van der Waals surface area contributed by atoms with Crippen LogP contribution in [-0.4, -0.2) is 29.7 Å². The average molecular weight is 286 g/mol. The summed E-state index contributed by atoms with van der Waals surface area (Å²) in [6.45, 7) is 6.30. The number of aryl methyl sites for hydroxylation is 1. The smallest absolute Gasteiger partial charge is 0.224 e. The Hall–Kier alpha value is -2.30. The highest BCUT2D eigenvalue weighted by Gasteiger charge is 2.00. The lowest BCUT2D eigenvalue weighted by molar-refractivity contribution is 0.315. The molecule has 0 unspecified atom stereocenters. The van der Waals surface area contributed by atoms with Gasteiger partial charge in [-0.2, -0.15) is 4.98 Å². The number of rotatable bonds is 8. The lowest BCUT2D eigenvalue weighted by Crippen LogP contribution is -2.10. The fourth-order valence-electron chi connectivity index (χ4n) is 1.89. The van der Waals surface area contributed by atoms with Gasteiger partial charge in [0.05, 0.1) is 6.61 Å². The lowest BCUT2D eigenvalue weighted by Gasteiger charge is -2.09. The zero-order valence-corrected chi connectivity index (χ0v) is 12.6. The number of anilines is 2. The second-order valence-electron chi connectivity index (χ2n) is 4.69. The molecular weight excluding hydrogens is 264 g/mol. The van der Waals surface area contributed by atoms with Crippen LogP contribution in [0.25, 0.3) is 0 Å². The van der Waals surface area contributed by atoms with E-state index in [1.165, 1.54) is 0 Å². The summed E-state index contributed by atoms with van der Waals surface area (Å²) in [6, 6.07) is 11.8. The van der Waals surface area contributed by atoms with Crippen LogP contribution in [0.15, 0.2) is 36.4 Å². The number of para-hydroxylation sites is 1. The van der Waals surface area contributed by atoms with Crippen LogP contribution in [0, 0.1) is 6.92 Å². The fraction of sp³-hybridized carbons (Fsp3) is 0.375. The molecule has 1 heterocycles. The molecule has 2 N–H and O–H groups in total. The van der Waals surface area contributed by atoms with Crippen LogP contribution in [0.5, 0.6) is 5.75 Å². The minimum atomic E-state index is 0.667. The van der Waals surface area contributed by atoms with Gasteiger partial charge in [0.15, 0.2) is 0 Å². The molecule has 0 aliphatic carbocycles. The maximum atomic E-state index is 5.64. The zero-order valence-electron chi connectivity index (χ0n) is 12.6. The molecule has 21 heavy (non-hydrogen) atoms. The molecule has 5 nitrogen and oxygen atoms in total. The first-order chi connectivity index (χ1) is 10.3. The maximum Gasteiger partial charge on any atom is 0.224 e. The predicted molar refractivity (Wildman–Crippen MR) is 86.0 cm³/mol. The van der Waals surface area contributed by atoms with Gasteiger partial charge in [-0.15, -0.1) is 0 Å². The van der Waals surface area contributed by atoms with Gasteiger partial charge in [0, 0.05) is 24.8 Å². The van der Waals surface area contributed by atoms with E-state index in [1.807, 2.05) is 50.2 Å². The number of hydrogen-bond donors (Lipinski definition) is 2. The van der Waals surface area contributed by atoms with Gasteiger partial charge in [-0.3, -0.25) is 0 Å². The molecule has 0 aliphatic heterocycles. The van der Waals surface area contributed by atoms with Crippen molar-refractivity contribution in [2.75, 3.05) is 30.3 Å². The van der Waals surface area contributed by atoms with E-state index in [9.17, 15) is 0 Å². The van der Waals surface area contributed by atoms with Crippen molar-refractivity contribution in [3.8, 4) is 5.75 Å². The van der Waals surface area contributed by atoms with Gasteiger partial charge in [0.1, 0.15) is 11.6 Å². The quantitative estimate of drug-likeness (QED) is 0.730. The predicted octanol–water partition coefficient (Wildman–Crippen LogP) is 3.10. The highest BCUT2D eigenvalue weighted by molar-refractivity contribution is 5.41. The van der Waals surface area contributed by atoms with Crippen LogP contribution in [0.3, 0.4) is 0 Å². The van der Waals surface area contributed by atoms with Gasteiger partial charge >= 0.3 is 0 Å². The summed E-state index contributed by atoms with van der Waals surface area (Å²) in [6.07, 6.45) is 0.911. The van der Waals surface area contributed by atoms with Crippen molar-refractivity contribution < 1.29 is 4.74 Å². The summed E-state index contributed by atoms with van der Waals surface area (Å²) in [7, 11) is 0. The van der Waals surface area contributed by atoms with Gasteiger partial charge in [0.2, 0.25) is 5.95 Å². The lowest BCUT2D eigenvalue weighted by atomic mass is 10.3. The van der Waals surface area contributed by atoms with Crippen LogP contribution in [0.4, 0.5) is 11.8 Å². The standard InChI is InChI=1S/C16H22N4O/c1-3-17-16-19-13(2)12-15(20-16)18-10-7-11-21-14-8-5-4-6-9-14/h4-6,8-9,12H,3,7,10-11H2,1-2H3,(H2,17,18,19,20). The molecule has 0 radical (unpaired) electrons. The number of benzene rings is 1. The highest BCUT2D eigenvalue weighted by atomic mass is 16.5. The van der Waals surface area contributed by atoms with Gasteiger partial charge in [0.25, 0.3) is 0 Å². The van der Waals surface area contributed by atoms with Crippen molar-refractivity contribution in [3.05, 3.63) is 42.1 Å². The Morgan fingerprint density at radius 1 is 1.10 bits per heavy atom. The summed E-state index contributed by atoms with van der Waals surface area (Å²) in [5, 5.41) is 6.42. The van der Waals surface area contributed by atoms with Crippen molar-refractivity contribution >= 4 is 11.8 Å². The van der Waals surface area contributed by atoms with Crippen LogP contribution >= 0.6 is 0 Å². The van der Waals surface area contributed by atoms with Crippen LogP contribution in [0.2, 0.25) is 0 Å². The number of nitrogens with zero attached hydrogens (tertiary/aromatic N) is 2. The van der Waals surface area contributed by atoms with Gasteiger partial charge in [-0.25, -0.2) is 4.98 Å². The fourth-order valence-corrected chi connectivity index (χ4v) is 1.89. The number of ether oxygens (including phenoxy) is 1. The van der Waals surface area contributed by atoms with Crippen molar-refractivity contribution in [2.45, 2.75) is 20.3 Å². The molecule has 2 rings (SSSR count). The minimum Gasteiger partial charge on any atom is -0.494 e. The summed E-state index contributed by atoms with van der Waals surface area (Å²) < 4.78 is 5.64. The Labute approximate surface area is 125 Å². The van der Waals surface area contributed by atoms with Gasteiger partial charge < -0.3 is 15.4 Å². The molecule has 0 bridgehead atoms. The topological polar surface area (TPSA) is 59.1 Å².